The van der Waals surface area contributed by atoms with E-state index >= 15 is 0 Å². The van der Waals surface area contributed by atoms with Gasteiger partial charge in [0.1, 0.15) is 0 Å². The molecule has 3 aliphatic heterocycles. The minimum absolute atomic E-state index is 0.148. The summed E-state index contributed by atoms with van der Waals surface area (Å²) in [7, 11) is 0. The van der Waals surface area contributed by atoms with Crippen molar-refractivity contribution < 1.29 is 4.79 Å². The molecule has 202 valence electrons. The van der Waals surface area contributed by atoms with Crippen LogP contribution in [0.25, 0.3) is 28.1 Å². The number of carbonyl (C=O) groups excluding carboxylic acids is 1. The molecule has 4 heterocycles. The number of benzene rings is 2. The Hall–Kier alpha value is -2.87. The summed E-state index contributed by atoms with van der Waals surface area (Å²) >= 11 is 8.35. The molecule has 39 heavy (non-hydrogen) atoms. The lowest BCUT2D eigenvalue weighted by atomic mass is 9.99. The van der Waals surface area contributed by atoms with Crippen LogP contribution in [0.4, 0.5) is 5.69 Å². The number of thioether (sulfide) groups is 1. The third-order valence-electron chi connectivity index (χ3n) is 7.81. The number of halogens is 1. The smallest absolute Gasteiger partial charge is 0.286 e. The summed E-state index contributed by atoms with van der Waals surface area (Å²) in [6, 6.07) is 14.6. The Labute approximate surface area is 239 Å². The van der Waals surface area contributed by atoms with Crippen LogP contribution in [0.1, 0.15) is 38.2 Å². The molecule has 0 bridgehead atoms. The summed E-state index contributed by atoms with van der Waals surface area (Å²) in [5.74, 6) is -0.148. The minimum Gasteiger partial charge on any atom is -0.368 e. The number of likely N-dealkylation sites (tertiary alicyclic amines) is 1. The Bertz CT molecular complexity index is 1440. The molecule has 6 rings (SSSR count). The molecule has 8 heteroatoms. The fourth-order valence-electron chi connectivity index (χ4n) is 5.73. The average Bonchev–Trinajstić information content (AvgIpc) is 3.33. The van der Waals surface area contributed by atoms with Gasteiger partial charge in [-0.25, -0.2) is 0 Å². The highest BCUT2D eigenvalue weighted by atomic mass is 35.5. The van der Waals surface area contributed by atoms with Gasteiger partial charge in [0.2, 0.25) is 0 Å². The fraction of sp³-hybridized carbons (Fsp3) is 0.387. The van der Waals surface area contributed by atoms with Crippen molar-refractivity contribution in [1.29, 1.82) is 0 Å². The molecule has 0 radical (unpaired) electrons. The third kappa shape index (κ3) is 5.72. The SMILES string of the molecule is CCCN1CCN(c2ccc(-c3ccnc4ccc(C=C5SC(N6CCCCC6)=NC5=O)cc34)cc2Cl)CC1. The number of nitrogens with zero attached hydrogens (tertiary/aromatic N) is 5. The highest BCUT2D eigenvalue weighted by molar-refractivity contribution is 8.18. The highest BCUT2D eigenvalue weighted by Crippen LogP contribution is 2.36. The van der Waals surface area contributed by atoms with E-state index in [-0.39, 0.29) is 5.91 Å². The van der Waals surface area contributed by atoms with E-state index < -0.39 is 0 Å². The van der Waals surface area contributed by atoms with Gasteiger partial charge in [-0.1, -0.05) is 30.7 Å². The summed E-state index contributed by atoms with van der Waals surface area (Å²) in [6.07, 6.45) is 8.57. The Morgan fingerprint density at radius 2 is 1.77 bits per heavy atom. The van der Waals surface area contributed by atoms with Crippen molar-refractivity contribution in [3.8, 4) is 11.1 Å². The Balaban J connectivity index is 1.24. The van der Waals surface area contributed by atoms with Crippen LogP contribution in [0, 0.1) is 0 Å². The molecule has 2 fully saturated rings. The van der Waals surface area contributed by atoms with Crippen molar-refractivity contribution in [3.63, 3.8) is 0 Å². The first-order chi connectivity index (χ1) is 19.1. The molecule has 0 spiro atoms. The Kier molecular flexibility index (Phi) is 7.91. The maximum atomic E-state index is 12.7. The van der Waals surface area contributed by atoms with Crippen LogP contribution in [0.5, 0.6) is 0 Å². The zero-order chi connectivity index (χ0) is 26.8. The summed E-state index contributed by atoms with van der Waals surface area (Å²) in [6.45, 7) is 9.49. The lowest BCUT2D eigenvalue weighted by molar-refractivity contribution is -0.113. The molecule has 3 aliphatic rings. The summed E-state index contributed by atoms with van der Waals surface area (Å²) < 4.78 is 0. The predicted molar refractivity (Wildman–Crippen MR) is 165 cm³/mol. The second-order valence-electron chi connectivity index (χ2n) is 10.5. The van der Waals surface area contributed by atoms with Crippen molar-refractivity contribution >= 4 is 57.1 Å². The van der Waals surface area contributed by atoms with E-state index in [9.17, 15) is 4.79 Å². The first kappa shape index (κ1) is 26.4. The summed E-state index contributed by atoms with van der Waals surface area (Å²) in [4.78, 5) is 29.5. The molecule has 0 N–H and O–H groups in total. The minimum atomic E-state index is -0.148. The van der Waals surface area contributed by atoms with Crippen molar-refractivity contribution in [2.45, 2.75) is 32.6 Å². The number of amides is 1. The number of hydrogen-bond acceptors (Lipinski definition) is 6. The first-order valence-corrected chi connectivity index (χ1v) is 15.2. The van der Waals surface area contributed by atoms with Crippen LogP contribution in [0.2, 0.25) is 5.02 Å². The van der Waals surface area contributed by atoms with E-state index in [0.717, 1.165) is 102 Å². The van der Waals surface area contributed by atoms with E-state index in [1.165, 1.54) is 24.6 Å². The summed E-state index contributed by atoms with van der Waals surface area (Å²) in [5.41, 5.74) is 5.12. The van der Waals surface area contributed by atoms with Gasteiger partial charge in [0.05, 0.1) is 21.1 Å². The fourth-order valence-corrected chi connectivity index (χ4v) is 7.00. The molecule has 0 saturated carbocycles. The molecule has 1 aromatic heterocycles. The molecular formula is C31H34ClN5OS. The van der Waals surface area contributed by atoms with Crippen molar-refractivity contribution in [3.05, 3.63) is 64.2 Å². The lowest BCUT2D eigenvalue weighted by Crippen LogP contribution is -2.46. The van der Waals surface area contributed by atoms with Crippen LogP contribution >= 0.6 is 23.4 Å². The Morgan fingerprint density at radius 3 is 2.54 bits per heavy atom. The van der Waals surface area contributed by atoms with Crippen LogP contribution in [0.3, 0.4) is 0 Å². The van der Waals surface area contributed by atoms with E-state index in [1.54, 1.807) is 0 Å². The first-order valence-electron chi connectivity index (χ1n) is 14.0. The van der Waals surface area contributed by atoms with Gasteiger partial charge < -0.3 is 9.80 Å². The maximum absolute atomic E-state index is 12.7. The molecule has 1 amide bonds. The number of anilines is 1. The molecule has 0 unspecified atom stereocenters. The number of piperidine rings is 1. The normalized spacial score (nSPS) is 19.8. The van der Waals surface area contributed by atoms with Crippen LogP contribution in [-0.2, 0) is 4.79 Å². The van der Waals surface area contributed by atoms with Gasteiger partial charge in [-0.2, -0.15) is 4.99 Å². The molecule has 2 aromatic carbocycles. The molecule has 0 aliphatic carbocycles. The number of piperazine rings is 1. The van der Waals surface area contributed by atoms with Gasteiger partial charge in [-0.15, -0.1) is 0 Å². The summed E-state index contributed by atoms with van der Waals surface area (Å²) in [5, 5.41) is 2.65. The maximum Gasteiger partial charge on any atom is 0.286 e. The molecule has 6 nitrogen and oxygen atoms in total. The number of fused-ring (bicyclic) bond motifs is 1. The van der Waals surface area contributed by atoms with Crippen LogP contribution < -0.4 is 4.90 Å². The highest BCUT2D eigenvalue weighted by Gasteiger charge is 2.27. The Morgan fingerprint density at radius 1 is 0.949 bits per heavy atom. The van der Waals surface area contributed by atoms with Gasteiger partial charge in [0.25, 0.3) is 5.91 Å². The van der Waals surface area contributed by atoms with Gasteiger partial charge >= 0.3 is 0 Å². The van der Waals surface area contributed by atoms with Crippen LogP contribution in [-0.4, -0.2) is 71.7 Å². The van der Waals surface area contributed by atoms with Crippen LogP contribution in [0.15, 0.2) is 58.6 Å². The predicted octanol–water partition coefficient (Wildman–Crippen LogP) is 6.54. The monoisotopic (exact) mass is 559 g/mol. The van der Waals surface area contributed by atoms with Crippen molar-refractivity contribution in [2.75, 3.05) is 50.7 Å². The third-order valence-corrected chi connectivity index (χ3v) is 9.16. The van der Waals surface area contributed by atoms with Gasteiger partial charge in [0.15, 0.2) is 5.17 Å². The second-order valence-corrected chi connectivity index (χ2v) is 11.9. The average molecular weight is 560 g/mol. The van der Waals surface area contributed by atoms with Gasteiger partial charge in [-0.05, 0) is 97.1 Å². The number of rotatable bonds is 5. The lowest BCUT2D eigenvalue weighted by Gasteiger charge is -2.36. The number of pyridine rings is 1. The molecule has 0 atom stereocenters. The standard InChI is InChI=1S/C31H34ClN5OS/c1-2-12-35-15-17-36(18-16-35)28-9-7-23(21-26(28)32)24-10-11-33-27-8-6-22(19-25(24)27)20-29-30(38)34-31(39-29)37-13-4-3-5-14-37/h6-11,19-21H,2-5,12-18H2,1H3. The zero-order valence-corrected chi connectivity index (χ0v) is 24.0. The number of hydrogen-bond donors (Lipinski definition) is 0. The zero-order valence-electron chi connectivity index (χ0n) is 22.4. The topological polar surface area (TPSA) is 52.0 Å². The molecule has 2 saturated heterocycles. The number of aliphatic imine (C=N–C) groups is 1. The number of aromatic nitrogens is 1. The van der Waals surface area contributed by atoms with E-state index in [4.69, 9.17) is 11.6 Å². The van der Waals surface area contributed by atoms with E-state index in [2.05, 4.69) is 55.9 Å². The largest absolute Gasteiger partial charge is 0.368 e. The van der Waals surface area contributed by atoms with E-state index in [0.29, 0.717) is 4.91 Å². The second kappa shape index (κ2) is 11.7. The number of carbonyl (C=O) groups is 1. The van der Waals surface area contributed by atoms with Crippen molar-refractivity contribution in [2.24, 2.45) is 4.99 Å². The van der Waals surface area contributed by atoms with Gasteiger partial charge in [-0.3, -0.25) is 14.7 Å². The van der Waals surface area contributed by atoms with Gasteiger partial charge in [0, 0.05) is 50.9 Å². The number of amidine groups is 1. The van der Waals surface area contributed by atoms with Crippen molar-refractivity contribution in [1.82, 2.24) is 14.8 Å². The molecule has 3 aromatic rings. The quantitative estimate of drug-likeness (QED) is 0.331. The van der Waals surface area contributed by atoms with E-state index in [1.807, 2.05) is 30.5 Å². The molecular weight excluding hydrogens is 526 g/mol.